The van der Waals surface area contributed by atoms with Gasteiger partial charge in [-0.2, -0.15) is 0 Å². The number of carbonyl (C=O) groups is 4. The van der Waals surface area contributed by atoms with Crippen LogP contribution in [0.4, 0.5) is 0 Å². The number of ether oxygens (including phenoxy) is 4. The third-order valence-electron chi connectivity index (χ3n) is 20.0. The van der Waals surface area contributed by atoms with Gasteiger partial charge in [-0.1, -0.05) is 401 Å². The Hall–Kier alpha value is -1.94. The Morgan fingerprint density at radius 2 is 0.442 bits per heavy atom. The molecule has 5 atom stereocenters. The van der Waals surface area contributed by atoms with Crippen LogP contribution >= 0.6 is 15.6 Å². The SMILES string of the molecule is CCCCCCCCCCCCCCCCCCCCCCCCC(=O)O[C@H](COC(=O)CCCCCCCCCCCCCCCCCCC)COP(=O)(O)OC[C@@H](O)COP(=O)(O)OC[C@@H](COC(=O)CCCCCCCCC(C)C)OC(=O)CCCCCCCCCCCCCCCC(C)C. The molecular formula is C85H166O17P2. The highest BCUT2D eigenvalue weighted by Gasteiger charge is 2.30. The van der Waals surface area contributed by atoms with E-state index in [0.29, 0.717) is 31.6 Å². The van der Waals surface area contributed by atoms with Crippen LogP contribution in [0.3, 0.4) is 0 Å². The fourth-order valence-electron chi connectivity index (χ4n) is 13.2. The van der Waals surface area contributed by atoms with Crippen molar-refractivity contribution in [3.8, 4) is 0 Å². The molecule has 17 nitrogen and oxygen atoms in total. The molecule has 0 fully saturated rings. The monoisotopic (exact) mass is 1520 g/mol. The lowest BCUT2D eigenvalue weighted by Gasteiger charge is -2.21. The summed E-state index contributed by atoms with van der Waals surface area (Å²) in [6.45, 7) is 9.59. The van der Waals surface area contributed by atoms with E-state index >= 15 is 0 Å². The highest BCUT2D eigenvalue weighted by molar-refractivity contribution is 7.47. The van der Waals surface area contributed by atoms with Crippen LogP contribution < -0.4 is 0 Å². The van der Waals surface area contributed by atoms with Crippen molar-refractivity contribution in [3.05, 3.63) is 0 Å². The van der Waals surface area contributed by atoms with E-state index in [1.165, 1.54) is 263 Å². The van der Waals surface area contributed by atoms with Crippen LogP contribution in [0.5, 0.6) is 0 Å². The van der Waals surface area contributed by atoms with Gasteiger partial charge in [0.2, 0.25) is 0 Å². The molecule has 0 aromatic rings. The van der Waals surface area contributed by atoms with E-state index < -0.39 is 97.5 Å². The van der Waals surface area contributed by atoms with E-state index in [1.807, 2.05) is 0 Å². The summed E-state index contributed by atoms with van der Waals surface area (Å²) in [5, 5.41) is 10.7. The van der Waals surface area contributed by atoms with Crippen LogP contribution in [0.1, 0.15) is 452 Å². The van der Waals surface area contributed by atoms with Crippen LogP contribution in [-0.2, 0) is 65.4 Å². The van der Waals surface area contributed by atoms with Gasteiger partial charge in [-0.15, -0.1) is 0 Å². The Balaban J connectivity index is 5.20. The summed E-state index contributed by atoms with van der Waals surface area (Å²) in [6.07, 6.45) is 68.3. The number of carbonyl (C=O) groups excluding carboxylic acids is 4. The van der Waals surface area contributed by atoms with Gasteiger partial charge < -0.3 is 33.8 Å². The molecule has 618 valence electrons. The van der Waals surface area contributed by atoms with Crippen LogP contribution in [-0.4, -0.2) is 96.7 Å². The normalized spacial score (nSPS) is 13.8. The third kappa shape index (κ3) is 78.2. The molecular weight excluding hydrogens is 1350 g/mol. The number of unbranched alkanes of at least 4 members (excludes halogenated alkanes) is 54. The second-order valence-corrected chi connectivity index (χ2v) is 34.4. The van der Waals surface area contributed by atoms with Gasteiger partial charge in [0.05, 0.1) is 26.4 Å². The van der Waals surface area contributed by atoms with Crippen LogP contribution in [0, 0.1) is 11.8 Å². The van der Waals surface area contributed by atoms with Gasteiger partial charge in [0.25, 0.3) is 0 Å². The van der Waals surface area contributed by atoms with Crippen molar-refractivity contribution in [2.75, 3.05) is 39.6 Å². The summed E-state index contributed by atoms with van der Waals surface area (Å²) in [5.41, 5.74) is 0. The van der Waals surface area contributed by atoms with Crippen molar-refractivity contribution in [2.45, 2.75) is 471 Å². The van der Waals surface area contributed by atoms with Gasteiger partial charge in [-0.25, -0.2) is 9.13 Å². The van der Waals surface area contributed by atoms with Gasteiger partial charge in [0.15, 0.2) is 12.2 Å². The highest BCUT2D eigenvalue weighted by atomic mass is 31.2. The number of aliphatic hydroxyl groups is 1. The highest BCUT2D eigenvalue weighted by Crippen LogP contribution is 2.45. The minimum absolute atomic E-state index is 0.106. The first-order chi connectivity index (χ1) is 50.4. The number of phosphoric acid groups is 2. The first-order valence-corrected chi connectivity index (χ1v) is 47.0. The molecule has 0 spiro atoms. The van der Waals surface area contributed by atoms with Crippen molar-refractivity contribution >= 4 is 39.5 Å². The lowest BCUT2D eigenvalue weighted by Crippen LogP contribution is -2.30. The van der Waals surface area contributed by atoms with Crippen molar-refractivity contribution in [1.82, 2.24) is 0 Å². The van der Waals surface area contributed by atoms with Crippen molar-refractivity contribution < 1.29 is 80.2 Å². The fraction of sp³-hybridized carbons (Fsp3) is 0.953. The zero-order valence-electron chi connectivity index (χ0n) is 68.3. The Kier molecular flexibility index (Phi) is 75.0. The standard InChI is InChI=1S/C85H166O17P2/c1-7-9-11-13-15-17-19-21-23-25-26-27-28-29-31-33-37-41-45-49-57-63-69-84(89)101-80(73-95-82(87)67-61-55-48-44-40-36-32-30-24-22-20-18-16-14-12-10-8-2)75-99-103(91,92)97-71-79(86)72-98-104(93,94)100-76-81(74-96-83(88)68-62-56-52-51-54-60-66-78(5)6)102-85(90)70-64-58-50-46-42-38-34-35-39-43-47-53-59-65-77(3)4/h77-81,86H,7-76H2,1-6H3,(H,91,92)(H,93,94)/t79-,80-,81-/m1/s1. The average molecular weight is 1520 g/mol. The number of rotatable bonds is 84. The molecule has 104 heavy (non-hydrogen) atoms. The maximum Gasteiger partial charge on any atom is 0.472 e. The van der Waals surface area contributed by atoms with Crippen LogP contribution in [0.25, 0.3) is 0 Å². The van der Waals surface area contributed by atoms with Gasteiger partial charge in [0.1, 0.15) is 19.3 Å². The van der Waals surface area contributed by atoms with Crippen molar-refractivity contribution in [2.24, 2.45) is 11.8 Å². The smallest absolute Gasteiger partial charge is 0.462 e. The molecule has 0 aromatic carbocycles. The molecule has 0 amide bonds. The van der Waals surface area contributed by atoms with Gasteiger partial charge in [-0.3, -0.25) is 37.3 Å². The largest absolute Gasteiger partial charge is 0.472 e. The van der Waals surface area contributed by atoms with Crippen molar-refractivity contribution in [3.63, 3.8) is 0 Å². The topological polar surface area (TPSA) is 237 Å². The predicted octanol–water partition coefficient (Wildman–Crippen LogP) is 25.8. The summed E-state index contributed by atoms with van der Waals surface area (Å²) in [5.74, 6) is -0.641. The van der Waals surface area contributed by atoms with E-state index in [2.05, 4.69) is 41.5 Å². The number of hydrogen-bond donors (Lipinski definition) is 3. The molecule has 3 N–H and O–H groups in total. The lowest BCUT2D eigenvalue weighted by atomic mass is 10.0. The third-order valence-corrected chi connectivity index (χ3v) is 21.9. The van der Waals surface area contributed by atoms with Gasteiger partial charge >= 0.3 is 39.5 Å². The molecule has 0 rings (SSSR count). The molecule has 0 aliphatic carbocycles. The summed E-state index contributed by atoms with van der Waals surface area (Å²) in [4.78, 5) is 73.1. The Morgan fingerprint density at radius 1 is 0.260 bits per heavy atom. The maximum atomic E-state index is 13.1. The first-order valence-electron chi connectivity index (χ1n) is 44.0. The Bertz CT molecular complexity index is 1990. The minimum atomic E-state index is -4.96. The molecule has 0 aliphatic rings. The molecule has 0 bridgehead atoms. The summed E-state index contributed by atoms with van der Waals surface area (Å²) >= 11 is 0. The number of aliphatic hydroxyl groups excluding tert-OH is 1. The number of phosphoric ester groups is 2. The Labute approximate surface area is 638 Å². The van der Waals surface area contributed by atoms with Crippen LogP contribution in [0.15, 0.2) is 0 Å². The maximum absolute atomic E-state index is 13.1. The molecule has 0 aromatic heterocycles. The van der Waals surface area contributed by atoms with E-state index in [4.69, 9.17) is 37.0 Å². The second kappa shape index (κ2) is 76.4. The quantitative estimate of drug-likeness (QED) is 0.0222. The van der Waals surface area contributed by atoms with Crippen LogP contribution in [0.2, 0.25) is 0 Å². The summed E-state index contributed by atoms with van der Waals surface area (Å²) in [6, 6.07) is 0. The molecule has 2 unspecified atom stereocenters. The van der Waals surface area contributed by atoms with E-state index in [0.717, 1.165) is 102 Å². The minimum Gasteiger partial charge on any atom is -0.462 e. The zero-order chi connectivity index (χ0) is 76.4. The number of esters is 4. The first kappa shape index (κ1) is 102. The van der Waals surface area contributed by atoms with E-state index in [1.54, 1.807) is 0 Å². The summed E-state index contributed by atoms with van der Waals surface area (Å²) in [7, 11) is -9.92. The molecule has 0 saturated carbocycles. The average Bonchev–Trinajstić information content (AvgIpc) is 0.903. The fourth-order valence-corrected chi connectivity index (χ4v) is 14.8. The Morgan fingerprint density at radius 3 is 0.654 bits per heavy atom. The van der Waals surface area contributed by atoms with Crippen molar-refractivity contribution in [1.29, 1.82) is 0 Å². The predicted molar refractivity (Wildman–Crippen MR) is 428 cm³/mol. The molecule has 0 aliphatic heterocycles. The molecule has 0 heterocycles. The molecule has 19 heteroatoms. The van der Waals surface area contributed by atoms with E-state index in [-0.39, 0.29) is 25.7 Å². The molecule has 0 radical (unpaired) electrons. The zero-order valence-corrected chi connectivity index (χ0v) is 70.1. The molecule has 0 saturated heterocycles. The lowest BCUT2D eigenvalue weighted by molar-refractivity contribution is -0.161. The summed E-state index contributed by atoms with van der Waals surface area (Å²) < 4.78 is 68.8. The number of hydrogen-bond acceptors (Lipinski definition) is 15. The van der Waals surface area contributed by atoms with Gasteiger partial charge in [-0.05, 0) is 37.5 Å². The van der Waals surface area contributed by atoms with Gasteiger partial charge in [0, 0.05) is 25.7 Å². The second-order valence-electron chi connectivity index (χ2n) is 31.5. The van der Waals surface area contributed by atoms with E-state index in [9.17, 15) is 43.2 Å².